The summed E-state index contributed by atoms with van der Waals surface area (Å²) in [6, 6.07) is 13.2. The van der Waals surface area contributed by atoms with Gasteiger partial charge in [-0.25, -0.2) is 10.4 Å². The fraction of sp³-hybridized carbons (Fsp3) is 0.540. The molecule has 0 saturated carbocycles. The molecule has 1 atom stereocenters. The van der Waals surface area contributed by atoms with E-state index in [1.165, 1.54) is 0 Å². The van der Waals surface area contributed by atoms with Crippen LogP contribution in [0.25, 0.3) is 16.6 Å². The van der Waals surface area contributed by atoms with Gasteiger partial charge in [-0.15, -0.1) is 0 Å². The highest BCUT2D eigenvalue weighted by atomic mass is 16.6. The van der Waals surface area contributed by atoms with Gasteiger partial charge in [0.25, 0.3) is 12.4 Å². The smallest absolute Gasteiger partial charge is 0.293 e. The molecule has 1 aliphatic rings. The Morgan fingerprint density at radius 3 is 1.99 bits per heavy atom. The molecular weight excluding hydrogens is 863 g/mol. The van der Waals surface area contributed by atoms with Crippen molar-refractivity contribution in [3.63, 3.8) is 0 Å². The van der Waals surface area contributed by atoms with Crippen molar-refractivity contribution in [2.45, 2.75) is 59.9 Å². The Balaban J connectivity index is 1.12. The predicted molar refractivity (Wildman–Crippen MR) is 256 cm³/mol. The van der Waals surface area contributed by atoms with E-state index in [0.29, 0.717) is 122 Å². The third-order valence-corrected chi connectivity index (χ3v) is 10.9. The van der Waals surface area contributed by atoms with Gasteiger partial charge in [0.05, 0.1) is 102 Å². The van der Waals surface area contributed by atoms with Crippen molar-refractivity contribution in [3.8, 4) is 11.5 Å². The quantitative estimate of drug-likeness (QED) is 0.0246. The van der Waals surface area contributed by atoms with Crippen LogP contribution in [0.15, 0.2) is 64.8 Å². The monoisotopic (exact) mass is 934 g/mol. The minimum atomic E-state index is -0.392. The van der Waals surface area contributed by atoms with Gasteiger partial charge in [-0.2, -0.15) is 5.10 Å². The van der Waals surface area contributed by atoms with E-state index in [4.69, 9.17) is 53.3 Å². The van der Waals surface area contributed by atoms with E-state index in [0.717, 1.165) is 82.3 Å². The van der Waals surface area contributed by atoms with Crippen LogP contribution < -0.4 is 20.6 Å². The van der Waals surface area contributed by atoms with Gasteiger partial charge >= 0.3 is 0 Å². The Bertz CT molecular complexity index is 2060. The van der Waals surface area contributed by atoms with Gasteiger partial charge in [-0.1, -0.05) is 20.8 Å². The summed E-state index contributed by atoms with van der Waals surface area (Å²) in [7, 11) is 2.00. The number of nitrogens with one attached hydrogen (secondary N) is 1. The van der Waals surface area contributed by atoms with Crippen molar-refractivity contribution in [2.24, 2.45) is 16.8 Å². The Morgan fingerprint density at radius 2 is 1.40 bits per heavy atom. The average molecular weight is 934 g/mol. The number of aromatic nitrogens is 1. The van der Waals surface area contributed by atoms with Crippen molar-refractivity contribution in [1.82, 2.24) is 15.3 Å². The van der Waals surface area contributed by atoms with Crippen molar-refractivity contribution >= 4 is 41.0 Å². The molecule has 0 aliphatic carbocycles. The van der Waals surface area contributed by atoms with Crippen LogP contribution in [0.4, 0.5) is 0 Å². The van der Waals surface area contributed by atoms with Crippen molar-refractivity contribution < 1.29 is 57.0 Å². The largest absolute Gasteiger partial charge is 0.494 e. The number of hydrazone groups is 1. The molecule has 17 nitrogen and oxygen atoms in total. The highest BCUT2D eigenvalue weighted by Gasteiger charge is 2.28. The number of pyridine rings is 1. The molecule has 2 aromatic carbocycles. The Labute approximate surface area is 395 Å². The van der Waals surface area contributed by atoms with Crippen LogP contribution in [-0.4, -0.2) is 147 Å². The Hall–Kier alpha value is -5.27. The number of aryl methyl sites for hydroxylation is 1. The standard InChI is InChI=1S/C50H71N5O12/c1-6-37(3)44(40(33-56)34-65-36-57)31-48-50-46(32-55(48)5)43(7-2)45-30-42(14-15-47(45)52-50)67-35-49(58)54-53-38(4)39-10-12-41(13-11-39)66-18-9-8-17-59-20-22-61-24-26-63-28-29-64-27-25-62-23-21-60-19-16-51/h10-15,30-31,33,36-37H,6-9,16-29,32,34-35,51H2,1-5H3,(H,54,58)/b44-40-,48-31-,53-38+. The molecule has 3 N–H and O–H groups in total. The number of unbranched alkanes of at least 4 members (excludes halogenated alkanes) is 1. The number of hydrogen-bond acceptors (Lipinski definition) is 16. The number of ether oxygens (including phenoxy) is 9. The van der Waals surface area contributed by atoms with E-state index >= 15 is 0 Å². The second kappa shape index (κ2) is 31.7. The molecule has 1 aliphatic heterocycles. The van der Waals surface area contributed by atoms with E-state index in [2.05, 4.69) is 29.3 Å². The lowest BCUT2D eigenvalue weighted by atomic mass is 9.92. The van der Waals surface area contributed by atoms with Crippen LogP contribution in [-0.2, 0) is 60.5 Å². The summed E-state index contributed by atoms with van der Waals surface area (Å²) in [6.45, 7) is 16.1. The highest BCUT2D eigenvalue weighted by Crippen LogP contribution is 2.38. The van der Waals surface area contributed by atoms with Gasteiger partial charge in [0.15, 0.2) is 6.61 Å². The van der Waals surface area contributed by atoms with E-state index in [9.17, 15) is 14.4 Å². The topological polar surface area (TPSA) is 201 Å². The second-order valence-electron chi connectivity index (χ2n) is 15.7. The second-order valence-corrected chi connectivity index (χ2v) is 15.7. The summed E-state index contributed by atoms with van der Waals surface area (Å²) in [5, 5.41) is 5.23. The fourth-order valence-electron chi connectivity index (χ4n) is 7.10. The number of nitrogens with two attached hydrogens (primary N) is 1. The van der Waals surface area contributed by atoms with Crippen LogP contribution in [0, 0.1) is 5.92 Å². The molecule has 0 saturated heterocycles. The van der Waals surface area contributed by atoms with Gasteiger partial charge in [0, 0.05) is 43.3 Å². The number of carbonyl (C=O) groups is 3. The van der Waals surface area contributed by atoms with Crippen molar-refractivity contribution in [3.05, 3.63) is 82.1 Å². The summed E-state index contributed by atoms with van der Waals surface area (Å²) < 4.78 is 49.6. The van der Waals surface area contributed by atoms with E-state index in [1.807, 2.05) is 63.4 Å². The number of amides is 1. The normalized spacial score (nSPS) is 14.0. The predicted octanol–water partition coefficient (Wildman–Crippen LogP) is 5.43. The maximum Gasteiger partial charge on any atom is 0.293 e. The molecule has 0 radical (unpaired) electrons. The lowest BCUT2D eigenvalue weighted by molar-refractivity contribution is -0.128. The van der Waals surface area contributed by atoms with Gasteiger partial charge < -0.3 is 53.3 Å². The molecule has 1 amide bonds. The molecule has 3 aromatic rings. The first-order chi connectivity index (χ1) is 32.7. The molecule has 67 heavy (non-hydrogen) atoms. The summed E-state index contributed by atoms with van der Waals surface area (Å²) in [5.74, 6) is 0.954. The van der Waals surface area contributed by atoms with Gasteiger partial charge in [-0.05, 0) is 104 Å². The fourth-order valence-corrected chi connectivity index (χ4v) is 7.10. The lowest BCUT2D eigenvalue weighted by Crippen LogP contribution is -2.25. The molecule has 1 aromatic heterocycles. The van der Waals surface area contributed by atoms with Crippen LogP contribution in [0.2, 0.25) is 0 Å². The molecular formula is C50H71N5O12. The van der Waals surface area contributed by atoms with Gasteiger partial charge in [-0.3, -0.25) is 14.4 Å². The molecule has 17 heteroatoms. The summed E-state index contributed by atoms with van der Waals surface area (Å²) in [5.41, 5.74) is 15.5. The number of benzene rings is 2. The first-order valence-corrected chi connectivity index (χ1v) is 23.2. The first-order valence-electron chi connectivity index (χ1n) is 23.2. The van der Waals surface area contributed by atoms with Gasteiger partial charge in [0.1, 0.15) is 24.4 Å². The number of rotatable bonds is 36. The van der Waals surface area contributed by atoms with Crippen LogP contribution in [0.3, 0.4) is 0 Å². The van der Waals surface area contributed by atoms with E-state index < -0.39 is 5.91 Å². The third kappa shape index (κ3) is 18.7. The maximum absolute atomic E-state index is 12.8. The molecule has 0 bridgehead atoms. The zero-order chi connectivity index (χ0) is 48.1. The zero-order valence-electron chi connectivity index (χ0n) is 40.0. The first kappa shape index (κ1) is 54.3. The number of carbonyl (C=O) groups excluding carboxylic acids is 3. The summed E-state index contributed by atoms with van der Waals surface area (Å²) in [6.07, 6.45) is 6.04. The summed E-state index contributed by atoms with van der Waals surface area (Å²) in [4.78, 5) is 43.0. The number of aldehydes is 1. The maximum atomic E-state index is 12.8. The number of hydrogen-bond donors (Lipinski definition) is 2. The van der Waals surface area contributed by atoms with Crippen LogP contribution in [0.5, 0.6) is 11.5 Å². The number of fused-ring (bicyclic) bond motifs is 2. The van der Waals surface area contributed by atoms with Gasteiger partial charge in [0.2, 0.25) is 0 Å². The van der Waals surface area contributed by atoms with Crippen LogP contribution in [0.1, 0.15) is 69.3 Å². The number of allylic oxidation sites excluding steroid dienone is 2. The average Bonchev–Trinajstić information content (AvgIpc) is 3.66. The zero-order valence-corrected chi connectivity index (χ0v) is 40.0. The third-order valence-electron chi connectivity index (χ3n) is 10.9. The molecule has 2 heterocycles. The van der Waals surface area contributed by atoms with E-state index in [1.54, 1.807) is 6.07 Å². The number of nitrogens with zero attached hydrogens (tertiary/aromatic N) is 3. The van der Waals surface area contributed by atoms with Crippen molar-refractivity contribution in [2.75, 3.05) is 113 Å². The minimum Gasteiger partial charge on any atom is -0.494 e. The molecule has 0 spiro atoms. The molecule has 4 rings (SSSR count). The Morgan fingerprint density at radius 1 is 0.806 bits per heavy atom. The summed E-state index contributed by atoms with van der Waals surface area (Å²) >= 11 is 0. The lowest BCUT2D eigenvalue weighted by Gasteiger charge is -2.18. The molecule has 0 fully saturated rings. The SMILES string of the molecule is CCc1c2c(nc3ccc(OCC(=O)N/N=C(\C)c4ccc(OCCCCOCCOCCOCCOCCOCCOCCN)cc4)cc13)/C(=C/C(=C(\C=O)COC=O)C(C)CC)N(C)C2. The Kier molecular flexibility index (Phi) is 25.7. The van der Waals surface area contributed by atoms with E-state index in [-0.39, 0.29) is 19.1 Å². The minimum absolute atomic E-state index is 0.0591. The molecule has 1 unspecified atom stereocenters. The molecule has 368 valence electrons. The van der Waals surface area contributed by atoms with Crippen molar-refractivity contribution in [1.29, 1.82) is 0 Å². The van der Waals surface area contributed by atoms with Crippen LogP contribution >= 0.6 is 0 Å². The highest BCUT2D eigenvalue weighted by molar-refractivity contribution is 5.99.